The molecule has 8 nitrogen and oxygen atoms in total. The molecule has 1 aliphatic heterocycles. The molecule has 1 unspecified atom stereocenters. The fourth-order valence-electron chi connectivity index (χ4n) is 3.91. The maximum Gasteiger partial charge on any atom is 0.296 e. The zero-order valence-electron chi connectivity index (χ0n) is 18.4. The van der Waals surface area contributed by atoms with Crippen LogP contribution in [0.1, 0.15) is 22.9 Å². The van der Waals surface area contributed by atoms with Crippen LogP contribution in [0.25, 0.3) is 5.76 Å². The van der Waals surface area contributed by atoms with Gasteiger partial charge < -0.3 is 28.6 Å². The van der Waals surface area contributed by atoms with E-state index in [1.54, 1.807) is 54.6 Å². The number of rotatable bonds is 7. The van der Waals surface area contributed by atoms with Gasteiger partial charge in [-0.1, -0.05) is 12.1 Å². The number of furan rings is 1. The first kappa shape index (κ1) is 22.0. The largest absolute Gasteiger partial charge is 0.507 e. The van der Waals surface area contributed by atoms with Crippen molar-refractivity contribution in [3.63, 3.8) is 0 Å². The van der Waals surface area contributed by atoms with Crippen LogP contribution in [0, 0.1) is 0 Å². The van der Waals surface area contributed by atoms with E-state index in [-0.39, 0.29) is 17.9 Å². The van der Waals surface area contributed by atoms with Gasteiger partial charge in [0.15, 0.2) is 11.5 Å². The number of methoxy groups -OCH3 is 3. The molecule has 3 aromatic rings. The fourth-order valence-corrected chi connectivity index (χ4v) is 3.91. The van der Waals surface area contributed by atoms with E-state index < -0.39 is 17.7 Å². The predicted octanol–water partition coefficient (Wildman–Crippen LogP) is 3.93. The number of hydrogen-bond donors (Lipinski definition) is 1. The molecule has 0 bridgehead atoms. The molecule has 2 aromatic carbocycles. The summed E-state index contributed by atoms with van der Waals surface area (Å²) in [5, 5.41) is 11.2. The zero-order valence-corrected chi connectivity index (χ0v) is 18.4. The second-order valence-electron chi connectivity index (χ2n) is 7.35. The number of nitrogens with zero attached hydrogens (tertiary/aromatic N) is 1. The van der Waals surface area contributed by atoms with Crippen LogP contribution in [0.3, 0.4) is 0 Å². The summed E-state index contributed by atoms with van der Waals surface area (Å²) in [6.07, 6.45) is 1.50. The molecule has 1 amide bonds. The minimum Gasteiger partial charge on any atom is -0.507 e. The normalized spacial score (nSPS) is 17.3. The summed E-state index contributed by atoms with van der Waals surface area (Å²) < 4.78 is 21.3. The van der Waals surface area contributed by atoms with E-state index in [2.05, 4.69) is 0 Å². The highest BCUT2D eigenvalue weighted by molar-refractivity contribution is 6.46. The van der Waals surface area contributed by atoms with Crippen molar-refractivity contribution in [2.45, 2.75) is 12.6 Å². The number of hydrogen-bond acceptors (Lipinski definition) is 7. The Labute approximate surface area is 190 Å². The first-order valence-electron chi connectivity index (χ1n) is 10.2. The third-order valence-corrected chi connectivity index (χ3v) is 5.51. The lowest BCUT2D eigenvalue weighted by molar-refractivity contribution is -0.140. The molecule has 1 atom stereocenters. The second kappa shape index (κ2) is 9.12. The summed E-state index contributed by atoms with van der Waals surface area (Å²) in [5.41, 5.74) is 0.894. The molecule has 0 aliphatic carbocycles. The molecule has 4 rings (SSSR count). The van der Waals surface area contributed by atoms with E-state index in [1.807, 2.05) is 0 Å². The monoisotopic (exact) mass is 449 g/mol. The number of Topliss-reactive ketones (excluding diaryl/α,β-unsaturated/α-hetero) is 1. The molecule has 0 saturated carbocycles. The summed E-state index contributed by atoms with van der Waals surface area (Å²) in [6, 6.07) is 14.4. The van der Waals surface area contributed by atoms with E-state index in [1.165, 1.54) is 32.5 Å². The van der Waals surface area contributed by atoms with Crippen LogP contribution in [-0.2, 0) is 16.1 Å². The zero-order chi connectivity index (χ0) is 23.5. The van der Waals surface area contributed by atoms with Gasteiger partial charge in [-0.25, -0.2) is 0 Å². The van der Waals surface area contributed by atoms with Crippen molar-refractivity contribution in [1.82, 2.24) is 4.90 Å². The molecule has 1 aromatic heterocycles. The summed E-state index contributed by atoms with van der Waals surface area (Å²) in [6.45, 7) is 0.0577. The van der Waals surface area contributed by atoms with Crippen LogP contribution in [-0.4, -0.2) is 43.0 Å². The Morgan fingerprint density at radius 2 is 1.76 bits per heavy atom. The number of benzene rings is 2. The lowest BCUT2D eigenvalue weighted by Gasteiger charge is -2.25. The van der Waals surface area contributed by atoms with Gasteiger partial charge in [0, 0.05) is 5.56 Å². The van der Waals surface area contributed by atoms with Crippen molar-refractivity contribution in [2.75, 3.05) is 21.3 Å². The average Bonchev–Trinajstić information content (AvgIpc) is 3.45. The predicted molar refractivity (Wildman–Crippen MR) is 119 cm³/mol. The number of amides is 1. The maximum atomic E-state index is 13.1. The van der Waals surface area contributed by atoms with Gasteiger partial charge in [-0.15, -0.1) is 0 Å². The quantitative estimate of drug-likeness (QED) is 0.332. The third kappa shape index (κ3) is 4.03. The molecule has 170 valence electrons. The van der Waals surface area contributed by atoms with E-state index in [0.717, 1.165) is 0 Å². The second-order valence-corrected chi connectivity index (χ2v) is 7.35. The van der Waals surface area contributed by atoms with Gasteiger partial charge in [-0.3, -0.25) is 9.59 Å². The summed E-state index contributed by atoms with van der Waals surface area (Å²) in [7, 11) is 4.50. The van der Waals surface area contributed by atoms with Crippen molar-refractivity contribution in [2.24, 2.45) is 0 Å². The van der Waals surface area contributed by atoms with Crippen molar-refractivity contribution in [1.29, 1.82) is 0 Å². The van der Waals surface area contributed by atoms with Gasteiger partial charge >= 0.3 is 0 Å². The first-order chi connectivity index (χ1) is 16.0. The Morgan fingerprint density at radius 1 is 0.970 bits per heavy atom. The van der Waals surface area contributed by atoms with Gasteiger partial charge in [-0.05, 0) is 48.0 Å². The minimum absolute atomic E-state index is 0.0352. The van der Waals surface area contributed by atoms with Crippen molar-refractivity contribution in [3.8, 4) is 17.2 Å². The molecule has 33 heavy (non-hydrogen) atoms. The van der Waals surface area contributed by atoms with Crippen LogP contribution in [0.4, 0.5) is 0 Å². The molecule has 1 aliphatic rings. The topological polar surface area (TPSA) is 98.4 Å². The smallest absolute Gasteiger partial charge is 0.296 e. The number of likely N-dealkylation sites (tertiary alicyclic amines) is 1. The number of ether oxygens (including phenoxy) is 3. The minimum atomic E-state index is -0.849. The van der Waals surface area contributed by atoms with E-state index in [4.69, 9.17) is 18.6 Å². The lowest BCUT2D eigenvalue weighted by atomic mass is 9.95. The van der Waals surface area contributed by atoms with Crippen molar-refractivity contribution >= 4 is 17.4 Å². The summed E-state index contributed by atoms with van der Waals surface area (Å²) in [4.78, 5) is 27.6. The summed E-state index contributed by atoms with van der Waals surface area (Å²) >= 11 is 0. The third-order valence-electron chi connectivity index (χ3n) is 5.51. The number of aliphatic hydroxyl groups is 1. The van der Waals surface area contributed by atoms with Gasteiger partial charge in [0.25, 0.3) is 11.7 Å². The average molecular weight is 449 g/mol. The molecule has 0 radical (unpaired) electrons. The number of carbonyl (C=O) groups excluding carboxylic acids is 2. The van der Waals surface area contributed by atoms with Gasteiger partial charge in [-0.2, -0.15) is 0 Å². The molecule has 1 saturated heterocycles. The molecule has 8 heteroatoms. The van der Waals surface area contributed by atoms with Crippen LogP contribution in [0.5, 0.6) is 17.2 Å². The van der Waals surface area contributed by atoms with Crippen molar-refractivity contribution in [3.05, 3.63) is 83.3 Å². The van der Waals surface area contributed by atoms with E-state index >= 15 is 0 Å². The first-order valence-corrected chi connectivity index (χ1v) is 10.2. The molecule has 0 spiro atoms. The fraction of sp³-hybridized carbons (Fsp3) is 0.200. The lowest BCUT2D eigenvalue weighted by Crippen LogP contribution is -2.29. The number of ketones is 1. The Balaban J connectivity index is 1.88. The van der Waals surface area contributed by atoms with E-state index in [9.17, 15) is 14.7 Å². The highest BCUT2D eigenvalue weighted by Crippen LogP contribution is 2.42. The molecule has 1 N–H and O–H groups in total. The van der Waals surface area contributed by atoms with Crippen LogP contribution in [0.2, 0.25) is 0 Å². The van der Waals surface area contributed by atoms with Gasteiger partial charge in [0.05, 0.1) is 45.8 Å². The van der Waals surface area contributed by atoms with Crippen molar-refractivity contribution < 1.29 is 33.3 Å². The van der Waals surface area contributed by atoms with E-state index in [0.29, 0.717) is 34.1 Å². The van der Waals surface area contributed by atoms with Crippen LogP contribution in [0.15, 0.2) is 70.9 Å². The Kier molecular flexibility index (Phi) is 6.08. The molecular weight excluding hydrogens is 426 g/mol. The van der Waals surface area contributed by atoms with Crippen LogP contribution >= 0.6 is 0 Å². The molecule has 1 fully saturated rings. The Morgan fingerprint density at radius 3 is 2.42 bits per heavy atom. The Bertz CT molecular complexity index is 1210. The molecular formula is C25H23NO7. The highest BCUT2D eigenvalue weighted by Gasteiger charge is 2.46. The van der Waals surface area contributed by atoms with Gasteiger partial charge in [0.1, 0.15) is 17.3 Å². The molecule has 2 heterocycles. The number of carbonyl (C=O) groups is 2. The Hall–Kier alpha value is -4.20. The van der Waals surface area contributed by atoms with Gasteiger partial charge in [0.2, 0.25) is 0 Å². The SMILES string of the molecule is COc1cccc(C2/C(=C(\O)c3ccc(OC)c(OC)c3)C(=O)C(=O)N2Cc2ccco2)c1. The van der Waals surface area contributed by atoms with Crippen LogP contribution < -0.4 is 14.2 Å². The highest BCUT2D eigenvalue weighted by atomic mass is 16.5. The standard InChI is InChI=1S/C25H23NO7/c1-30-17-7-4-6-15(12-17)22-21(23(27)16-9-10-19(31-2)20(13-16)32-3)24(28)25(29)26(22)14-18-8-5-11-33-18/h4-13,22,27H,14H2,1-3H3/b23-21+. The number of aliphatic hydroxyl groups excluding tert-OH is 1. The maximum absolute atomic E-state index is 13.1. The summed E-state index contributed by atoms with van der Waals surface area (Å²) in [5.74, 6) is 0.0750.